The van der Waals surface area contributed by atoms with E-state index in [1.807, 2.05) is 20.8 Å². The number of amides is 2. The molecule has 1 aliphatic heterocycles. The first kappa shape index (κ1) is 20.0. The summed E-state index contributed by atoms with van der Waals surface area (Å²) in [6.07, 6.45) is 2.01. The normalized spacial score (nSPS) is 20.5. The van der Waals surface area contributed by atoms with Crippen LogP contribution in [0.2, 0.25) is 0 Å². The van der Waals surface area contributed by atoms with Gasteiger partial charge in [0.15, 0.2) is 0 Å². The Morgan fingerprint density at radius 2 is 2.14 bits per heavy atom. The zero-order chi connectivity index (χ0) is 20.4. The number of rotatable bonds is 6. The molecule has 0 spiro atoms. The van der Waals surface area contributed by atoms with Gasteiger partial charge in [0.1, 0.15) is 23.8 Å². The van der Waals surface area contributed by atoms with E-state index in [-0.39, 0.29) is 29.5 Å². The molecule has 7 heteroatoms. The molecule has 6 nitrogen and oxygen atoms in total. The van der Waals surface area contributed by atoms with Gasteiger partial charge in [0.2, 0.25) is 5.91 Å². The van der Waals surface area contributed by atoms with Crippen molar-refractivity contribution in [3.63, 3.8) is 0 Å². The Hall–Kier alpha value is -2.70. The molecule has 0 saturated carbocycles. The van der Waals surface area contributed by atoms with E-state index in [1.165, 1.54) is 12.1 Å². The first-order valence-corrected chi connectivity index (χ1v) is 9.64. The molecule has 0 aliphatic carbocycles. The van der Waals surface area contributed by atoms with Gasteiger partial charge in [0.05, 0.1) is 0 Å². The molecule has 1 aromatic heterocycles. The highest BCUT2D eigenvalue weighted by Gasteiger charge is 2.36. The van der Waals surface area contributed by atoms with E-state index < -0.39 is 17.8 Å². The van der Waals surface area contributed by atoms with Crippen LogP contribution in [-0.2, 0) is 9.59 Å². The number of hydrogen-bond donors (Lipinski definition) is 2. The van der Waals surface area contributed by atoms with Crippen LogP contribution in [0.15, 0.2) is 24.3 Å². The van der Waals surface area contributed by atoms with Gasteiger partial charge in [-0.05, 0) is 43.9 Å². The molecule has 1 saturated heterocycles. The van der Waals surface area contributed by atoms with Crippen molar-refractivity contribution in [3.05, 3.63) is 35.8 Å². The molecule has 0 bridgehead atoms. The summed E-state index contributed by atoms with van der Waals surface area (Å²) < 4.78 is 13.9. The molecule has 3 atom stereocenters. The molecule has 2 N–H and O–H groups in total. The van der Waals surface area contributed by atoms with Gasteiger partial charge in [-0.25, -0.2) is 4.39 Å². The third-order valence-electron chi connectivity index (χ3n) is 5.25. The highest BCUT2D eigenvalue weighted by Crippen LogP contribution is 2.24. The number of halogens is 1. The third kappa shape index (κ3) is 4.08. The van der Waals surface area contributed by atoms with Crippen molar-refractivity contribution in [1.29, 1.82) is 0 Å². The first-order chi connectivity index (χ1) is 13.3. The zero-order valence-electron chi connectivity index (χ0n) is 16.4. The minimum Gasteiger partial charge on any atom is -0.350 e. The molecule has 1 aliphatic rings. The fourth-order valence-electron chi connectivity index (χ4n) is 3.85. The average molecular weight is 387 g/mol. The van der Waals surface area contributed by atoms with Crippen LogP contribution in [-0.4, -0.2) is 46.6 Å². The zero-order valence-corrected chi connectivity index (χ0v) is 16.4. The maximum absolute atomic E-state index is 13.9. The monoisotopic (exact) mass is 387 g/mol. The summed E-state index contributed by atoms with van der Waals surface area (Å²) in [5.74, 6) is -1.01. The van der Waals surface area contributed by atoms with E-state index in [0.717, 1.165) is 6.29 Å². The summed E-state index contributed by atoms with van der Waals surface area (Å²) in [6, 6.07) is 5.31. The highest BCUT2D eigenvalue weighted by molar-refractivity contribution is 6.00. The largest absolute Gasteiger partial charge is 0.350 e. The number of H-pyrrole nitrogens is 1. The molecule has 1 aromatic carbocycles. The van der Waals surface area contributed by atoms with Crippen LogP contribution >= 0.6 is 0 Å². The number of carbonyl (C=O) groups is 3. The highest BCUT2D eigenvalue weighted by atomic mass is 19.1. The second-order valence-corrected chi connectivity index (χ2v) is 8.01. The van der Waals surface area contributed by atoms with Crippen LogP contribution in [0.25, 0.3) is 10.9 Å². The van der Waals surface area contributed by atoms with Crippen LogP contribution in [0.5, 0.6) is 0 Å². The molecule has 150 valence electrons. The molecule has 2 amide bonds. The van der Waals surface area contributed by atoms with E-state index in [4.69, 9.17) is 0 Å². The van der Waals surface area contributed by atoms with Crippen LogP contribution < -0.4 is 5.32 Å². The fourth-order valence-corrected chi connectivity index (χ4v) is 3.85. The van der Waals surface area contributed by atoms with Gasteiger partial charge in [-0.15, -0.1) is 0 Å². The molecule has 2 aromatic rings. The Balaban J connectivity index is 1.79. The Labute approximate surface area is 163 Å². The number of aromatic amines is 1. The van der Waals surface area contributed by atoms with Crippen molar-refractivity contribution in [2.45, 2.75) is 45.7 Å². The maximum atomic E-state index is 13.9. The van der Waals surface area contributed by atoms with Crippen LogP contribution in [0.4, 0.5) is 4.39 Å². The van der Waals surface area contributed by atoms with E-state index in [9.17, 15) is 18.8 Å². The summed E-state index contributed by atoms with van der Waals surface area (Å²) >= 11 is 0. The Bertz CT molecular complexity index is 892. The lowest BCUT2D eigenvalue weighted by Gasteiger charge is -2.28. The Kier molecular flexibility index (Phi) is 5.82. The molecule has 1 fully saturated rings. The van der Waals surface area contributed by atoms with Gasteiger partial charge in [-0.3, -0.25) is 9.59 Å². The number of aromatic nitrogens is 1. The lowest BCUT2D eigenvalue weighted by molar-refractivity contribution is -0.134. The Morgan fingerprint density at radius 1 is 1.39 bits per heavy atom. The predicted octanol–water partition coefficient (Wildman–Crippen LogP) is 2.89. The third-order valence-corrected chi connectivity index (χ3v) is 5.25. The van der Waals surface area contributed by atoms with Crippen molar-refractivity contribution in [2.24, 2.45) is 11.8 Å². The number of likely N-dealkylation sites (tertiary alicyclic amines) is 1. The lowest BCUT2D eigenvalue weighted by Crippen LogP contribution is -2.50. The first-order valence-electron chi connectivity index (χ1n) is 9.64. The summed E-state index contributed by atoms with van der Waals surface area (Å²) in [7, 11) is 0. The van der Waals surface area contributed by atoms with Gasteiger partial charge in [-0.1, -0.05) is 19.9 Å². The number of hydrogen-bond acceptors (Lipinski definition) is 3. The van der Waals surface area contributed by atoms with Gasteiger partial charge in [-0.2, -0.15) is 0 Å². The molecule has 2 heterocycles. The predicted molar refractivity (Wildman–Crippen MR) is 104 cm³/mol. The second-order valence-electron chi connectivity index (χ2n) is 8.01. The van der Waals surface area contributed by atoms with Crippen LogP contribution in [0.3, 0.4) is 0 Å². The minimum atomic E-state index is -0.698. The summed E-state index contributed by atoms with van der Waals surface area (Å²) in [4.78, 5) is 41.5. The molecule has 28 heavy (non-hydrogen) atoms. The van der Waals surface area contributed by atoms with Gasteiger partial charge in [0, 0.05) is 29.4 Å². The topological polar surface area (TPSA) is 82.3 Å². The fraction of sp³-hybridized carbons (Fsp3) is 0.476. The number of nitrogens with one attached hydrogen (secondary N) is 2. The molecule has 3 unspecified atom stereocenters. The van der Waals surface area contributed by atoms with E-state index >= 15 is 0 Å². The van der Waals surface area contributed by atoms with Gasteiger partial charge in [0.25, 0.3) is 5.91 Å². The molecule has 3 rings (SSSR count). The van der Waals surface area contributed by atoms with E-state index in [2.05, 4.69) is 10.3 Å². The number of benzene rings is 1. The average Bonchev–Trinajstić information content (AvgIpc) is 3.24. The maximum Gasteiger partial charge on any atom is 0.268 e. The van der Waals surface area contributed by atoms with Crippen molar-refractivity contribution < 1.29 is 18.8 Å². The smallest absolute Gasteiger partial charge is 0.268 e. The quantitative estimate of drug-likeness (QED) is 0.748. The van der Waals surface area contributed by atoms with Crippen LogP contribution in [0.1, 0.15) is 44.1 Å². The summed E-state index contributed by atoms with van der Waals surface area (Å²) in [6.45, 7) is 6.25. The molecule has 0 radical (unpaired) electrons. The molecular weight excluding hydrogens is 361 g/mol. The number of nitrogens with zero attached hydrogens (tertiary/aromatic N) is 1. The summed E-state index contributed by atoms with van der Waals surface area (Å²) in [5.41, 5.74) is 0.737. The number of aldehydes is 1. The van der Waals surface area contributed by atoms with Crippen molar-refractivity contribution in [3.8, 4) is 0 Å². The van der Waals surface area contributed by atoms with Gasteiger partial charge < -0.3 is 20.0 Å². The van der Waals surface area contributed by atoms with Gasteiger partial charge >= 0.3 is 0 Å². The number of fused-ring (bicyclic) bond motifs is 1. The minimum absolute atomic E-state index is 0.0450. The van der Waals surface area contributed by atoms with Crippen molar-refractivity contribution >= 4 is 29.0 Å². The van der Waals surface area contributed by atoms with E-state index in [1.54, 1.807) is 17.0 Å². The standard InChI is InChI=1S/C21H26FN3O3/c1-12(2)7-19(21(28)25-10-14(11-26)8-13(25)3)24-20(27)18-9-15-16(22)5-4-6-17(15)23-18/h4-6,9,11-14,19,23H,7-8,10H2,1-3H3,(H,24,27). The summed E-state index contributed by atoms with van der Waals surface area (Å²) in [5, 5.41) is 3.14. The van der Waals surface area contributed by atoms with Crippen molar-refractivity contribution in [2.75, 3.05) is 6.54 Å². The lowest BCUT2D eigenvalue weighted by atomic mass is 10.0. The number of carbonyl (C=O) groups excluding carboxylic acids is 3. The Morgan fingerprint density at radius 3 is 2.75 bits per heavy atom. The molecular formula is C21H26FN3O3. The van der Waals surface area contributed by atoms with Crippen LogP contribution in [0, 0.1) is 17.7 Å². The van der Waals surface area contributed by atoms with Crippen molar-refractivity contribution in [1.82, 2.24) is 15.2 Å². The van der Waals surface area contributed by atoms with E-state index in [0.29, 0.717) is 30.3 Å². The second kappa shape index (κ2) is 8.12. The SMILES string of the molecule is CC(C)CC(NC(=O)c1cc2c(F)cccc2[nH]1)C(=O)N1CC(C=O)CC1C.